The third-order valence-corrected chi connectivity index (χ3v) is 1.88. The first-order chi connectivity index (χ1) is 6.86. The van der Waals surface area contributed by atoms with E-state index in [-0.39, 0.29) is 0 Å². The van der Waals surface area contributed by atoms with Gasteiger partial charge in [-0.3, -0.25) is 0 Å². The van der Waals surface area contributed by atoms with Crippen LogP contribution in [0.1, 0.15) is 39.8 Å². The maximum absolute atomic E-state index is 3.13. The van der Waals surface area contributed by atoms with Crippen LogP contribution in [-0.2, 0) is 0 Å². The monoisotopic (exact) mass is 191 g/mol. The van der Waals surface area contributed by atoms with Gasteiger partial charge >= 0.3 is 0 Å². The molecule has 1 aromatic heterocycles. The van der Waals surface area contributed by atoms with Gasteiger partial charge in [-0.05, 0) is 31.6 Å². The first-order valence-electron chi connectivity index (χ1n) is 5.33. The molecule has 1 aromatic rings. The van der Waals surface area contributed by atoms with E-state index in [9.17, 15) is 0 Å². The molecule has 1 N–H and O–H groups in total. The Balaban J connectivity index is 0.000000791. The van der Waals surface area contributed by atoms with Gasteiger partial charge in [0, 0.05) is 11.9 Å². The number of hydrogen-bond acceptors (Lipinski definition) is 0. The average molecular weight is 191 g/mol. The molecule has 78 valence electrons. The number of aromatic amines is 1. The molecule has 0 aliphatic rings. The van der Waals surface area contributed by atoms with Crippen LogP contribution in [0.2, 0.25) is 0 Å². The number of rotatable bonds is 3. The summed E-state index contributed by atoms with van der Waals surface area (Å²) in [6.07, 6.45) is 9.40. The largest absolute Gasteiger partial charge is 0.362 e. The zero-order valence-corrected chi connectivity index (χ0v) is 9.67. The van der Waals surface area contributed by atoms with E-state index in [2.05, 4.69) is 43.1 Å². The van der Waals surface area contributed by atoms with Crippen molar-refractivity contribution in [3.63, 3.8) is 0 Å². The second-order valence-corrected chi connectivity index (χ2v) is 2.68. The number of hydrogen-bond donors (Lipinski definition) is 1. The van der Waals surface area contributed by atoms with E-state index in [1.54, 1.807) is 0 Å². The Morgan fingerprint density at radius 3 is 2.57 bits per heavy atom. The van der Waals surface area contributed by atoms with Crippen molar-refractivity contribution in [2.75, 3.05) is 0 Å². The Kier molecular flexibility index (Phi) is 7.62. The zero-order chi connectivity index (χ0) is 10.8. The summed E-state index contributed by atoms with van der Waals surface area (Å²) in [5.41, 5.74) is 2.52. The molecule has 0 amide bonds. The maximum atomic E-state index is 3.13. The molecule has 0 spiro atoms. The topological polar surface area (TPSA) is 15.8 Å². The maximum Gasteiger partial charge on any atom is 0.0380 e. The van der Waals surface area contributed by atoms with Crippen LogP contribution in [0.25, 0.3) is 6.08 Å². The Labute approximate surface area is 87.6 Å². The third-order valence-electron chi connectivity index (χ3n) is 1.88. The summed E-state index contributed by atoms with van der Waals surface area (Å²) >= 11 is 0. The van der Waals surface area contributed by atoms with Crippen LogP contribution < -0.4 is 0 Å². The van der Waals surface area contributed by atoms with Gasteiger partial charge in [0.25, 0.3) is 0 Å². The van der Waals surface area contributed by atoms with Gasteiger partial charge < -0.3 is 4.98 Å². The lowest BCUT2D eigenvalue weighted by Crippen LogP contribution is -1.73. The van der Waals surface area contributed by atoms with Crippen molar-refractivity contribution in [2.45, 2.75) is 34.1 Å². The smallest absolute Gasteiger partial charge is 0.0380 e. The van der Waals surface area contributed by atoms with Crippen molar-refractivity contribution >= 4 is 6.08 Å². The molecule has 1 nitrogen and oxygen atoms in total. The van der Waals surface area contributed by atoms with Crippen molar-refractivity contribution in [1.82, 2.24) is 4.98 Å². The van der Waals surface area contributed by atoms with Gasteiger partial charge in [0.2, 0.25) is 0 Å². The van der Waals surface area contributed by atoms with Gasteiger partial charge in [-0.1, -0.05) is 38.5 Å². The number of allylic oxidation sites excluding steroid dienone is 3. The van der Waals surface area contributed by atoms with E-state index >= 15 is 0 Å². The molecule has 0 aliphatic carbocycles. The molecule has 0 unspecified atom stereocenters. The SMILES string of the molecule is C/C=C(\C=C/c1ccc[nH]1)CC.CC. The van der Waals surface area contributed by atoms with Gasteiger partial charge in [-0.2, -0.15) is 0 Å². The predicted molar refractivity (Wildman–Crippen MR) is 65.2 cm³/mol. The second kappa shape index (κ2) is 8.36. The third kappa shape index (κ3) is 4.70. The summed E-state index contributed by atoms with van der Waals surface area (Å²) in [6.45, 7) is 8.23. The van der Waals surface area contributed by atoms with E-state index in [0.717, 1.165) is 12.1 Å². The van der Waals surface area contributed by atoms with Crippen LogP contribution in [0, 0.1) is 0 Å². The van der Waals surface area contributed by atoms with Gasteiger partial charge in [-0.15, -0.1) is 0 Å². The van der Waals surface area contributed by atoms with Crippen LogP contribution in [0.4, 0.5) is 0 Å². The summed E-state index contributed by atoms with van der Waals surface area (Å²) in [6, 6.07) is 4.06. The predicted octanol–water partition coefficient (Wildman–Crippen LogP) is 4.41. The van der Waals surface area contributed by atoms with Crippen molar-refractivity contribution < 1.29 is 0 Å². The molecule has 1 heteroatoms. The van der Waals surface area contributed by atoms with E-state index in [0.29, 0.717) is 0 Å². The summed E-state index contributed by atoms with van der Waals surface area (Å²) in [4.78, 5) is 3.13. The van der Waals surface area contributed by atoms with E-state index in [4.69, 9.17) is 0 Å². The highest BCUT2D eigenvalue weighted by Gasteiger charge is 1.86. The fourth-order valence-electron chi connectivity index (χ4n) is 1.06. The molecule has 1 heterocycles. The molecular weight excluding hydrogens is 170 g/mol. The standard InChI is InChI=1S/C11H15N.C2H6/c1-3-10(4-2)7-8-11-6-5-9-12-11;1-2/h3,5-9,12H,4H2,1-2H3;1-2H3/b8-7-,10-3-;. The summed E-state index contributed by atoms with van der Waals surface area (Å²) < 4.78 is 0. The molecule has 0 aliphatic heterocycles. The highest BCUT2D eigenvalue weighted by atomic mass is 14.7. The molecule has 0 fully saturated rings. The minimum atomic E-state index is 1.09. The van der Waals surface area contributed by atoms with Crippen LogP contribution in [0.5, 0.6) is 0 Å². The molecule has 0 atom stereocenters. The van der Waals surface area contributed by atoms with Gasteiger partial charge in [0.1, 0.15) is 0 Å². The van der Waals surface area contributed by atoms with E-state index in [1.807, 2.05) is 26.1 Å². The van der Waals surface area contributed by atoms with Crippen molar-refractivity contribution in [3.8, 4) is 0 Å². The number of nitrogens with one attached hydrogen (secondary N) is 1. The van der Waals surface area contributed by atoms with Crippen LogP contribution in [-0.4, -0.2) is 4.98 Å². The Hall–Kier alpha value is -1.24. The van der Waals surface area contributed by atoms with Gasteiger partial charge in [0.15, 0.2) is 0 Å². The second-order valence-electron chi connectivity index (χ2n) is 2.68. The fourth-order valence-corrected chi connectivity index (χ4v) is 1.06. The van der Waals surface area contributed by atoms with Crippen LogP contribution in [0.15, 0.2) is 36.1 Å². The van der Waals surface area contributed by atoms with Gasteiger partial charge in [0.05, 0.1) is 0 Å². The normalized spacial score (nSPS) is 11.3. The molecule has 0 bridgehead atoms. The highest BCUT2D eigenvalue weighted by molar-refractivity contribution is 5.48. The number of aromatic nitrogens is 1. The first-order valence-corrected chi connectivity index (χ1v) is 5.33. The van der Waals surface area contributed by atoms with Crippen molar-refractivity contribution in [3.05, 3.63) is 41.7 Å². The highest BCUT2D eigenvalue weighted by Crippen LogP contribution is 2.05. The lowest BCUT2D eigenvalue weighted by molar-refractivity contribution is 1.14. The lowest BCUT2D eigenvalue weighted by Gasteiger charge is -1.92. The molecular formula is C13H21N. The summed E-state index contributed by atoms with van der Waals surface area (Å²) in [5.74, 6) is 0. The fraction of sp³-hybridized carbons (Fsp3) is 0.385. The summed E-state index contributed by atoms with van der Waals surface area (Å²) in [7, 11) is 0. The molecule has 1 rings (SSSR count). The molecule has 0 radical (unpaired) electrons. The van der Waals surface area contributed by atoms with Crippen molar-refractivity contribution in [1.29, 1.82) is 0 Å². The van der Waals surface area contributed by atoms with E-state index < -0.39 is 0 Å². The zero-order valence-electron chi connectivity index (χ0n) is 9.67. The minimum absolute atomic E-state index is 1.09. The number of H-pyrrole nitrogens is 1. The quantitative estimate of drug-likeness (QED) is 0.681. The minimum Gasteiger partial charge on any atom is -0.362 e. The van der Waals surface area contributed by atoms with Gasteiger partial charge in [-0.25, -0.2) is 0 Å². The molecule has 0 aromatic carbocycles. The van der Waals surface area contributed by atoms with Crippen LogP contribution >= 0.6 is 0 Å². The molecule has 0 saturated carbocycles. The van der Waals surface area contributed by atoms with Crippen molar-refractivity contribution in [2.24, 2.45) is 0 Å². The molecule has 14 heavy (non-hydrogen) atoms. The summed E-state index contributed by atoms with van der Waals surface area (Å²) in [5, 5.41) is 0. The Bertz CT molecular complexity index is 265. The average Bonchev–Trinajstić information content (AvgIpc) is 2.75. The first kappa shape index (κ1) is 12.8. The Morgan fingerprint density at radius 1 is 1.43 bits per heavy atom. The lowest BCUT2D eigenvalue weighted by atomic mass is 10.2. The van der Waals surface area contributed by atoms with E-state index in [1.165, 1.54) is 5.57 Å². The molecule has 0 saturated heterocycles. The van der Waals surface area contributed by atoms with Crippen LogP contribution in [0.3, 0.4) is 0 Å². The Morgan fingerprint density at radius 2 is 2.14 bits per heavy atom.